The Morgan fingerprint density at radius 3 is 2.58 bits per heavy atom. The lowest BCUT2D eigenvalue weighted by Crippen LogP contribution is -2.17. The summed E-state index contributed by atoms with van der Waals surface area (Å²) >= 11 is 0. The van der Waals surface area contributed by atoms with Gasteiger partial charge in [-0.05, 0) is 18.6 Å². The van der Waals surface area contributed by atoms with Gasteiger partial charge in [0.05, 0.1) is 7.11 Å². The summed E-state index contributed by atoms with van der Waals surface area (Å²) in [6.07, 6.45) is 1.69. The lowest BCUT2D eigenvalue weighted by Gasteiger charge is -2.08. The molecule has 0 radical (unpaired) electrons. The molecule has 0 saturated carbocycles. The summed E-state index contributed by atoms with van der Waals surface area (Å²) in [6, 6.07) is 7.68. The molecule has 1 N–H and O–H groups in total. The van der Waals surface area contributed by atoms with E-state index in [0.29, 0.717) is 11.3 Å². The third-order valence-corrected chi connectivity index (χ3v) is 3.03. The Morgan fingerprint density at radius 2 is 2.00 bits per heavy atom. The van der Waals surface area contributed by atoms with Gasteiger partial charge < -0.3 is 10.1 Å². The van der Waals surface area contributed by atoms with Crippen molar-refractivity contribution in [1.82, 2.24) is 5.32 Å². The highest BCUT2D eigenvalue weighted by molar-refractivity contribution is 6.08. The largest absolute Gasteiger partial charge is 0.468 e. The second-order valence-corrected chi connectivity index (χ2v) is 4.45. The van der Waals surface area contributed by atoms with Crippen LogP contribution in [-0.2, 0) is 14.3 Å². The van der Waals surface area contributed by atoms with E-state index in [0.717, 1.165) is 11.1 Å². The van der Waals surface area contributed by atoms with Crippen molar-refractivity contribution in [2.75, 3.05) is 7.11 Å². The van der Waals surface area contributed by atoms with E-state index in [1.165, 1.54) is 7.11 Å². The standard InChI is InChI=1S/C15H15NO3/c1-9-4-6-11(7-5-9)8-12-13(15(18)19-3)10(2)16-14(12)17/h4-8,13H,2H2,1,3H3,(H,16,17)/b12-8-/t13-/m0/s1. The summed E-state index contributed by atoms with van der Waals surface area (Å²) in [5, 5.41) is 2.56. The zero-order chi connectivity index (χ0) is 14.0. The average molecular weight is 257 g/mol. The maximum absolute atomic E-state index is 11.8. The fraction of sp³-hybridized carbons (Fsp3) is 0.200. The van der Waals surface area contributed by atoms with E-state index in [2.05, 4.69) is 11.9 Å². The van der Waals surface area contributed by atoms with E-state index >= 15 is 0 Å². The average Bonchev–Trinajstić information content (AvgIpc) is 2.66. The van der Waals surface area contributed by atoms with Crippen LogP contribution in [0, 0.1) is 12.8 Å². The normalized spacial score (nSPS) is 20.5. The number of ether oxygens (including phenoxy) is 1. The monoisotopic (exact) mass is 257 g/mol. The van der Waals surface area contributed by atoms with Crippen LogP contribution in [0.25, 0.3) is 6.08 Å². The molecular weight excluding hydrogens is 242 g/mol. The summed E-state index contributed by atoms with van der Waals surface area (Å²) in [5.74, 6) is -1.53. The van der Waals surface area contributed by atoms with Crippen molar-refractivity contribution < 1.29 is 14.3 Å². The third kappa shape index (κ3) is 2.57. The molecule has 1 aliphatic heterocycles. The number of methoxy groups -OCH3 is 1. The van der Waals surface area contributed by atoms with Gasteiger partial charge >= 0.3 is 5.97 Å². The molecule has 4 nitrogen and oxygen atoms in total. The Hall–Kier alpha value is -2.36. The van der Waals surface area contributed by atoms with E-state index in [1.807, 2.05) is 31.2 Å². The lowest BCUT2D eigenvalue weighted by molar-refractivity contribution is -0.142. The van der Waals surface area contributed by atoms with Gasteiger partial charge in [-0.2, -0.15) is 0 Å². The fourth-order valence-corrected chi connectivity index (χ4v) is 1.99. The second-order valence-electron chi connectivity index (χ2n) is 4.45. The molecule has 0 unspecified atom stereocenters. The van der Waals surface area contributed by atoms with Crippen LogP contribution in [0.4, 0.5) is 0 Å². The zero-order valence-corrected chi connectivity index (χ0v) is 10.9. The molecule has 2 rings (SSSR count). The highest BCUT2D eigenvalue weighted by Crippen LogP contribution is 2.28. The third-order valence-electron chi connectivity index (χ3n) is 3.03. The van der Waals surface area contributed by atoms with Gasteiger partial charge in [-0.3, -0.25) is 9.59 Å². The SMILES string of the molecule is C=C1NC(=O)/C(=C\c2ccc(C)cc2)[C@H]1C(=O)OC. The van der Waals surface area contributed by atoms with E-state index < -0.39 is 11.9 Å². The van der Waals surface area contributed by atoms with Crippen molar-refractivity contribution >= 4 is 18.0 Å². The highest BCUT2D eigenvalue weighted by atomic mass is 16.5. The molecule has 1 aromatic rings. The lowest BCUT2D eigenvalue weighted by atomic mass is 9.97. The summed E-state index contributed by atoms with van der Waals surface area (Å²) in [4.78, 5) is 23.5. The van der Waals surface area contributed by atoms with E-state index in [4.69, 9.17) is 4.74 Å². The van der Waals surface area contributed by atoms with Crippen LogP contribution in [0.15, 0.2) is 42.1 Å². The Bertz CT molecular complexity index is 570. The number of rotatable bonds is 2. The maximum Gasteiger partial charge on any atom is 0.319 e. The van der Waals surface area contributed by atoms with Crippen molar-refractivity contribution in [3.05, 3.63) is 53.2 Å². The molecule has 1 amide bonds. The van der Waals surface area contributed by atoms with Crippen LogP contribution < -0.4 is 5.32 Å². The minimum absolute atomic E-state index is 0.305. The molecule has 0 aliphatic carbocycles. The Labute approximate surface area is 111 Å². The van der Waals surface area contributed by atoms with Crippen LogP contribution >= 0.6 is 0 Å². The van der Waals surface area contributed by atoms with Crippen molar-refractivity contribution in [3.8, 4) is 0 Å². The molecule has 19 heavy (non-hydrogen) atoms. The van der Waals surface area contributed by atoms with Crippen molar-refractivity contribution in [3.63, 3.8) is 0 Å². The first-order valence-electron chi connectivity index (χ1n) is 5.89. The quantitative estimate of drug-likeness (QED) is 0.649. The van der Waals surface area contributed by atoms with Gasteiger partial charge in [-0.1, -0.05) is 36.4 Å². The molecule has 0 aromatic heterocycles. The number of nitrogens with one attached hydrogen (secondary N) is 1. The Kier molecular flexibility index (Phi) is 3.51. The van der Waals surface area contributed by atoms with E-state index in [1.54, 1.807) is 6.08 Å². The van der Waals surface area contributed by atoms with Gasteiger partial charge in [-0.15, -0.1) is 0 Å². The number of benzene rings is 1. The second kappa shape index (κ2) is 5.10. The van der Waals surface area contributed by atoms with Crippen LogP contribution in [0.3, 0.4) is 0 Å². The Morgan fingerprint density at radius 1 is 1.37 bits per heavy atom. The molecule has 4 heteroatoms. The number of amides is 1. The number of carbonyl (C=O) groups excluding carboxylic acids is 2. The van der Waals surface area contributed by atoms with Crippen molar-refractivity contribution in [2.24, 2.45) is 5.92 Å². The molecule has 1 aromatic carbocycles. The van der Waals surface area contributed by atoms with E-state index in [9.17, 15) is 9.59 Å². The molecule has 1 saturated heterocycles. The topological polar surface area (TPSA) is 55.4 Å². The first-order valence-corrected chi connectivity index (χ1v) is 5.89. The molecule has 0 bridgehead atoms. The van der Waals surface area contributed by atoms with Crippen LogP contribution in [0.5, 0.6) is 0 Å². The zero-order valence-electron chi connectivity index (χ0n) is 10.9. The predicted molar refractivity (Wildman–Crippen MR) is 71.9 cm³/mol. The molecule has 1 aliphatic rings. The molecule has 1 atom stereocenters. The summed E-state index contributed by atoms with van der Waals surface area (Å²) in [7, 11) is 1.29. The first-order chi connectivity index (χ1) is 9.02. The summed E-state index contributed by atoms with van der Waals surface area (Å²) in [6.45, 7) is 5.67. The van der Waals surface area contributed by atoms with Gasteiger partial charge in [0.15, 0.2) is 0 Å². The number of hydrogen-bond donors (Lipinski definition) is 1. The smallest absolute Gasteiger partial charge is 0.319 e. The first kappa shape index (κ1) is 13.1. The van der Waals surface area contributed by atoms with Gasteiger partial charge in [0.25, 0.3) is 5.91 Å². The minimum Gasteiger partial charge on any atom is -0.468 e. The van der Waals surface area contributed by atoms with Gasteiger partial charge in [0.2, 0.25) is 0 Å². The highest BCUT2D eigenvalue weighted by Gasteiger charge is 2.37. The summed E-state index contributed by atoms with van der Waals surface area (Å²) < 4.78 is 4.71. The van der Waals surface area contributed by atoms with Gasteiger partial charge in [0.1, 0.15) is 5.92 Å². The summed E-state index contributed by atoms with van der Waals surface area (Å²) in [5.41, 5.74) is 2.71. The number of hydrogen-bond acceptors (Lipinski definition) is 3. The maximum atomic E-state index is 11.8. The number of esters is 1. The molecule has 1 fully saturated rings. The van der Waals surface area contributed by atoms with Crippen LogP contribution in [-0.4, -0.2) is 19.0 Å². The van der Waals surface area contributed by atoms with Crippen molar-refractivity contribution in [1.29, 1.82) is 0 Å². The Balaban J connectivity index is 2.39. The number of aryl methyl sites for hydroxylation is 1. The van der Waals surface area contributed by atoms with Crippen molar-refractivity contribution in [2.45, 2.75) is 6.92 Å². The minimum atomic E-state index is -0.737. The molecule has 0 spiro atoms. The molecular formula is C15H15NO3. The fourth-order valence-electron chi connectivity index (χ4n) is 1.99. The van der Waals surface area contributed by atoms with E-state index in [-0.39, 0.29) is 5.91 Å². The molecule has 1 heterocycles. The van der Waals surface area contributed by atoms with Gasteiger partial charge in [0, 0.05) is 11.3 Å². The predicted octanol–water partition coefficient (Wildman–Crippen LogP) is 1.81. The molecule has 98 valence electrons. The van der Waals surface area contributed by atoms with Crippen LogP contribution in [0.2, 0.25) is 0 Å². The number of carbonyl (C=O) groups is 2. The van der Waals surface area contributed by atoms with Gasteiger partial charge in [-0.25, -0.2) is 0 Å². The van der Waals surface area contributed by atoms with Crippen LogP contribution in [0.1, 0.15) is 11.1 Å².